The summed E-state index contributed by atoms with van der Waals surface area (Å²) in [5.41, 5.74) is -0.731. The minimum absolute atomic E-state index is 0.0764. The zero-order valence-electron chi connectivity index (χ0n) is 15.4. The number of benzene rings is 2. The zero-order chi connectivity index (χ0) is 21.2. The molecule has 0 radical (unpaired) electrons. The quantitative estimate of drug-likeness (QED) is 0.514. The van der Waals surface area contributed by atoms with Gasteiger partial charge in [-0.25, -0.2) is 16.8 Å². The molecule has 156 valence electrons. The van der Waals surface area contributed by atoms with Gasteiger partial charge in [-0.1, -0.05) is 12.1 Å². The van der Waals surface area contributed by atoms with E-state index in [4.69, 9.17) is 4.74 Å². The molecule has 29 heavy (non-hydrogen) atoms. The Bertz CT molecular complexity index is 1140. The number of ether oxygens (including phenoxy) is 1. The van der Waals surface area contributed by atoms with E-state index in [-0.39, 0.29) is 16.3 Å². The fourth-order valence-electron chi connectivity index (χ4n) is 3.04. The maximum Gasteiger partial charge on any atom is 0.289 e. The minimum atomic E-state index is -4.38. The molecule has 0 aromatic heterocycles. The number of hydrogen-bond acceptors (Lipinski definition) is 7. The maximum atomic E-state index is 12.8. The van der Waals surface area contributed by atoms with Crippen molar-refractivity contribution < 1.29 is 26.5 Å². The number of methoxy groups -OCH3 is 1. The topological polar surface area (TPSA) is 136 Å². The summed E-state index contributed by atoms with van der Waals surface area (Å²) in [6.07, 6.45) is 1.51. The van der Waals surface area contributed by atoms with E-state index in [2.05, 4.69) is 4.72 Å². The molecule has 0 unspecified atom stereocenters. The van der Waals surface area contributed by atoms with Gasteiger partial charge in [-0.3, -0.25) is 14.8 Å². The Kier molecular flexibility index (Phi) is 5.78. The first-order valence-corrected chi connectivity index (χ1v) is 11.5. The lowest BCUT2D eigenvalue weighted by Gasteiger charge is -2.18. The normalized spacial score (nSPS) is 15.2. The Morgan fingerprint density at radius 1 is 1.07 bits per heavy atom. The standard InChI is InChI=1S/C17H19N3O7S2/c1-27-16-9-8-13(29(25,26)19-10-4-5-11-19)12-14(16)18-28(23,24)17-7-3-2-6-15(17)20(21)22/h2-3,6-9,12,18H,4-5,10-11H2,1H3. The summed E-state index contributed by atoms with van der Waals surface area (Å²) in [6.45, 7) is 0.789. The summed E-state index contributed by atoms with van der Waals surface area (Å²) >= 11 is 0. The van der Waals surface area contributed by atoms with Gasteiger partial charge in [0.15, 0.2) is 4.90 Å². The number of sulfonamides is 2. The lowest BCUT2D eigenvalue weighted by molar-refractivity contribution is -0.387. The molecule has 1 aliphatic heterocycles. The van der Waals surface area contributed by atoms with Crippen LogP contribution in [0.4, 0.5) is 11.4 Å². The average Bonchev–Trinajstić information content (AvgIpc) is 3.23. The minimum Gasteiger partial charge on any atom is -0.495 e. The maximum absolute atomic E-state index is 12.8. The van der Waals surface area contributed by atoms with Gasteiger partial charge in [-0.05, 0) is 37.1 Å². The van der Waals surface area contributed by atoms with Crippen LogP contribution in [0.2, 0.25) is 0 Å². The van der Waals surface area contributed by atoms with Crippen LogP contribution in [0.3, 0.4) is 0 Å². The van der Waals surface area contributed by atoms with Gasteiger partial charge in [0.2, 0.25) is 10.0 Å². The van der Waals surface area contributed by atoms with Crippen LogP contribution in [0, 0.1) is 10.1 Å². The van der Waals surface area contributed by atoms with Gasteiger partial charge in [0, 0.05) is 19.2 Å². The van der Waals surface area contributed by atoms with Crippen molar-refractivity contribution >= 4 is 31.4 Å². The number of nitro benzene ring substituents is 1. The van der Waals surface area contributed by atoms with Crippen LogP contribution in [0.1, 0.15) is 12.8 Å². The number of nitrogens with zero attached hydrogens (tertiary/aromatic N) is 2. The van der Waals surface area contributed by atoms with Gasteiger partial charge in [-0.2, -0.15) is 4.31 Å². The number of nitro groups is 1. The molecule has 2 aromatic carbocycles. The summed E-state index contributed by atoms with van der Waals surface area (Å²) in [7, 11) is -6.88. The van der Waals surface area contributed by atoms with E-state index >= 15 is 0 Å². The number of nitrogens with one attached hydrogen (secondary N) is 1. The van der Waals surface area contributed by atoms with Crippen LogP contribution in [-0.2, 0) is 20.0 Å². The Morgan fingerprint density at radius 2 is 1.72 bits per heavy atom. The van der Waals surface area contributed by atoms with Crippen molar-refractivity contribution in [2.75, 3.05) is 24.9 Å². The molecule has 2 aromatic rings. The molecule has 1 N–H and O–H groups in total. The summed E-state index contributed by atoms with van der Waals surface area (Å²) in [4.78, 5) is 9.74. The van der Waals surface area contributed by atoms with E-state index in [9.17, 15) is 26.9 Å². The van der Waals surface area contributed by atoms with Crippen molar-refractivity contribution in [2.45, 2.75) is 22.6 Å². The van der Waals surface area contributed by atoms with E-state index in [1.54, 1.807) is 0 Å². The lowest BCUT2D eigenvalue weighted by atomic mass is 10.3. The molecule has 3 rings (SSSR count). The van der Waals surface area contributed by atoms with Gasteiger partial charge in [0.1, 0.15) is 5.75 Å². The predicted octanol–water partition coefficient (Wildman–Crippen LogP) is 2.19. The van der Waals surface area contributed by atoms with Crippen molar-refractivity contribution in [2.24, 2.45) is 0 Å². The summed E-state index contributed by atoms with van der Waals surface area (Å²) < 4.78 is 59.8. The first kappa shape index (κ1) is 21.0. The van der Waals surface area contributed by atoms with Gasteiger partial charge in [0.05, 0.1) is 22.6 Å². The fourth-order valence-corrected chi connectivity index (χ4v) is 5.82. The van der Waals surface area contributed by atoms with E-state index in [1.807, 2.05) is 0 Å². The van der Waals surface area contributed by atoms with Crippen LogP contribution in [0.5, 0.6) is 5.75 Å². The van der Waals surface area contributed by atoms with E-state index in [0.29, 0.717) is 13.1 Å². The lowest BCUT2D eigenvalue weighted by Crippen LogP contribution is -2.28. The summed E-state index contributed by atoms with van der Waals surface area (Å²) in [5, 5.41) is 11.2. The van der Waals surface area contributed by atoms with E-state index in [0.717, 1.165) is 31.0 Å². The molecular formula is C17H19N3O7S2. The second kappa shape index (κ2) is 7.97. The van der Waals surface area contributed by atoms with E-state index < -0.39 is 35.6 Å². The first-order chi connectivity index (χ1) is 13.7. The third-order valence-electron chi connectivity index (χ3n) is 4.47. The number of rotatable bonds is 7. The smallest absolute Gasteiger partial charge is 0.289 e. The molecular weight excluding hydrogens is 422 g/mol. The molecule has 0 aliphatic carbocycles. The Hall–Kier alpha value is -2.70. The third kappa shape index (κ3) is 4.18. The second-order valence-corrected chi connectivity index (χ2v) is 9.89. The van der Waals surface area contributed by atoms with Crippen LogP contribution in [-0.4, -0.2) is 46.3 Å². The molecule has 1 fully saturated rings. The largest absolute Gasteiger partial charge is 0.495 e. The summed E-state index contributed by atoms with van der Waals surface area (Å²) in [5.74, 6) is 0.0764. The molecule has 0 atom stereocenters. The molecule has 0 bridgehead atoms. The Morgan fingerprint density at radius 3 is 2.34 bits per heavy atom. The molecule has 12 heteroatoms. The molecule has 0 amide bonds. The number of anilines is 1. The highest BCUT2D eigenvalue weighted by Crippen LogP contribution is 2.33. The third-order valence-corrected chi connectivity index (χ3v) is 7.78. The number of hydrogen-bond donors (Lipinski definition) is 1. The molecule has 0 spiro atoms. The fraction of sp³-hybridized carbons (Fsp3) is 0.294. The zero-order valence-corrected chi connectivity index (χ0v) is 17.1. The van der Waals surface area contributed by atoms with Crippen molar-refractivity contribution in [1.82, 2.24) is 4.31 Å². The Balaban J connectivity index is 2.03. The number of para-hydroxylation sites is 1. The van der Waals surface area contributed by atoms with Crippen LogP contribution >= 0.6 is 0 Å². The Labute approximate surface area is 168 Å². The van der Waals surface area contributed by atoms with E-state index in [1.165, 1.54) is 35.7 Å². The molecule has 0 saturated carbocycles. The van der Waals surface area contributed by atoms with Crippen LogP contribution in [0.15, 0.2) is 52.3 Å². The van der Waals surface area contributed by atoms with Crippen LogP contribution in [0.25, 0.3) is 0 Å². The average molecular weight is 441 g/mol. The second-order valence-electron chi connectivity index (χ2n) is 6.30. The predicted molar refractivity (Wildman–Crippen MR) is 105 cm³/mol. The highest BCUT2D eigenvalue weighted by atomic mass is 32.2. The SMILES string of the molecule is COc1ccc(S(=O)(=O)N2CCCC2)cc1NS(=O)(=O)c1ccccc1[N+](=O)[O-]. The first-order valence-electron chi connectivity index (χ1n) is 8.61. The van der Waals surface area contributed by atoms with Crippen molar-refractivity contribution in [3.63, 3.8) is 0 Å². The van der Waals surface area contributed by atoms with Gasteiger partial charge in [0.25, 0.3) is 15.7 Å². The molecule has 1 heterocycles. The molecule has 1 saturated heterocycles. The molecule has 1 aliphatic rings. The van der Waals surface area contributed by atoms with Crippen LogP contribution < -0.4 is 9.46 Å². The molecule has 10 nitrogen and oxygen atoms in total. The monoisotopic (exact) mass is 441 g/mol. The van der Waals surface area contributed by atoms with Gasteiger partial charge >= 0.3 is 0 Å². The van der Waals surface area contributed by atoms with Gasteiger partial charge in [-0.15, -0.1) is 0 Å². The highest BCUT2D eigenvalue weighted by molar-refractivity contribution is 7.93. The highest BCUT2D eigenvalue weighted by Gasteiger charge is 2.30. The van der Waals surface area contributed by atoms with Gasteiger partial charge < -0.3 is 4.74 Å². The summed E-state index contributed by atoms with van der Waals surface area (Å²) in [6, 6.07) is 8.68. The van der Waals surface area contributed by atoms with Crippen molar-refractivity contribution in [1.29, 1.82) is 0 Å². The van der Waals surface area contributed by atoms with Crippen molar-refractivity contribution in [3.05, 3.63) is 52.6 Å². The van der Waals surface area contributed by atoms with Crippen molar-refractivity contribution in [3.8, 4) is 5.75 Å².